The fourth-order valence-corrected chi connectivity index (χ4v) is 3.26. The summed E-state index contributed by atoms with van der Waals surface area (Å²) in [5, 5.41) is 3.03. The first kappa shape index (κ1) is 20.3. The summed E-state index contributed by atoms with van der Waals surface area (Å²) >= 11 is 0. The number of carbonyl (C=O) groups is 2. The number of ether oxygens (including phenoxy) is 1. The van der Waals surface area contributed by atoms with Crippen molar-refractivity contribution in [1.82, 2.24) is 10.2 Å². The van der Waals surface area contributed by atoms with E-state index >= 15 is 0 Å². The largest absolute Gasteiger partial charge is 0.493 e. The van der Waals surface area contributed by atoms with Crippen molar-refractivity contribution in [3.05, 3.63) is 30.3 Å². The van der Waals surface area contributed by atoms with Crippen molar-refractivity contribution in [3.63, 3.8) is 0 Å². The van der Waals surface area contributed by atoms with Crippen LogP contribution in [0.1, 0.15) is 51.9 Å². The quantitative estimate of drug-likeness (QED) is 0.651. The number of likely N-dealkylation sites (tertiary alicyclic amines) is 1. The third-order valence-corrected chi connectivity index (χ3v) is 4.80. The third kappa shape index (κ3) is 7.06. The molecule has 1 aromatic carbocycles. The number of nitrogens with one attached hydrogen (secondary N) is 1. The van der Waals surface area contributed by atoms with Crippen LogP contribution in [-0.2, 0) is 9.59 Å². The first-order valence-electron chi connectivity index (χ1n) is 9.94. The van der Waals surface area contributed by atoms with Gasteiger partial charge in [-0.15, -0.1) is 0 Å². The van der Waals surface area contributed by atoms with Gasteiger partial charge in [0.25, 0.3) is 0 Å². The lowest BCUT2D eigenvalue weighted by Crippen LogP contribution is -2.45. The third-order valence-electron chi connectivity index (χ3n) is 4.80. The molecule has 2 rings (SSSR count). The van der Waals surface area contributed by atoms with Gasteiger partial charge in [-0.05, 0) is 31.4 Å². The maximum absolute atomic E-state index is 12.4. The second-order valence-electron chi connectivity index (χ2n) is 6.94. The van der Waals surface area contributed by atoms with E-state index in [2.05, 4.69) is 12.2 Å². The Morgan fingerprint density at radius 1 is 1.19 bits per heavy atom. The van der Waals surface area contributed by atoms with E-state index in [1.54, 1.807) is 0 Å². The highest BCUT2D eigenvalue weighted by Gasteiger charge is 2.27. The van der Waals surface area contributed by atoms with E-state index in [-0.39, 0.29) is 17.7 Å². The van der Waals surface area contributed by atoms with Crippen molar-refractivity contribution >= 4 is 11.8 Å². The Morgan fingerprint density at radius 2 is 2.00 bits per heavy atom. The zero-order valence-corrected chi connectivity index (χ0v) is 15.9. The first-order valence-corrected chi connectivity index (χ1v) is 9.94. The van der Waals surface area contributed by atoms with Crippen molar-refractivity contribution in [2.75, 3.05) is 26.2 Å². The average Bonchev–Trinajstić information content (AvgIpc) is 2.68. The van der Waals surface area contributed by atoms with Gasteiger partial charge in [0, 0.05) is 19.6 Å². The highest BCUT2D eigenvalue weighted by Crippen LogP contribution is 2.18. The Bertz CT molecular complexity index is 547. The fraction of sp³-hybridized carbons (Fsp3) is 0.619. The normalized spacial score (nSPS) is 17.0. The Morgan fingerprint density at radius 3 is 2.77 bits per heavy atom. The van der Waals surface area contributed by atoms with E-state index in [0.717, 1.165) is 44.5 Å². The average molecular weight is 360 g/mol. The van der Waals surface area contributed by atoms with Gasteiger partial charge < -0.3 is 15.0 Å². The molecule has 26 heavy (non-hydrogen) atoms. The molecule has 5 heteroatoms. The molecule has 1 saturated heterocycles. The molecule has 0 radical (unpaired) electrons. The van der Waals surface area contributed by atoms with Crippen molar-refractivity contribution in [2.24, 2.45) is 5.92 Å². The van der Waals surface area contributed by atoms with Gasteiger partial charge in [-0.3, -0.25) is 9.59 Å². The topological polar surface area (TPSA) is 58.6 Å². The molecule has 1 heterocycles. The summed E-state index contributed by atoms with van der Waals surface area (Å²) < 4.78 is 5.60. The van der Waals surface area contributed by atoms with Crippen LogP contribution in [0.2, 0.25) is 0 Å². The van der Waals surface area contributed by atoms with E-state index in [1.807, 2.05) is 35.2 Å². The Labute approximate surface area is 157 Å². The number of nitrogens with zero attached hydrogens (tertiary/aromatic N) is 1. The molecule has 0 spiro atoms. The number of hydrogen-bond donors (Lipinski definition) is 1. The van der Waals surface area contributed by atoms with E-state index in [9.17, 15) is 9.59 Å². The van der Waals surface area contributed by atoms with Gasteiger partial charge in [0.05, 0.1) is 18.9 Å². The molecule has 1 atom stereocenters. The summed E-state index contributed by atoms with van der Waals surface area (Å²) in [6.07, 6.45) is 6.71. The number of para-hydroxylation sites is 1. The minimum Gasteiger partial charge on any atom is -0.493 e. The van der Waals surface area contributed by atoms with Gasteiger partial charge in [-0.25, -0.2) is 0 Å². The van der Waals surface area contributed by atoms with Crippen molar-refractivity contribution < 1.29 is 14.3 Å². The smallest absolute Gasteiger partial charge is 0.226 e. The van der Waals surface area contributed by atoms with Gasteiger partial charge in [0.15, 0.2) is 0 Å². The predicted molar refractivity (Wildman–Crippen MR) is 103 cm³/mol. The molecule has 0 bridgehead atoms. The minimum absolute atomic E-state index is 0.0707. The van der Waals surface area contributed by atoms with Crippen LogP contribution in [0.4, 0.5) is 0 Å². The molecule has 5 nitrogen and oxygen atoms in total. The molecule has 0 aromatic heterocycles. The summed E-state index contributed by atoms with van der Waals surface area (Å²) in [5.74, 6) is 0.870. The Kier molecular flexibility index (Phi) is 9.01. The zero-order valence-electron chi connectivity index (χ0n) is 15.9. The van der Waals surface area contributed by atoms with E-state index in [4.69, 9.17) is 4.74 Å². The second-order valence-corrected chi connectivity index (χ2v) is 6.94. The molecule has 1 N–H and O–H groups in total. The first-order chi connectivity index (χ1) is 12.7. The summed E-state index contributed by atoms with van der Waals surface area (Å²) in [6.45, 7) is 4.56. The molecule has 1 aliphatic rings. The van der Waals surface area contributed by atoms with Crippen LogP contribution in [-0.4, -0.2) is 43.0 Å². The number of unbranched alkanes of at least 4 members (excludes halogenated alkanes) is 3. The van der Waals surface area contributed by atoms with Crippen LogP contribution in [0.15, 0.2) is 30.3 Å². The molecule has 1 aromatic rings. The summed E-state index contributed by atoms with van der Waals surface area (Å²) in [6, 6.07) is 9.51. The molecule has 1 unspecified atom stereocenters. The highest BCUT2D eigenvalue weighted by molar-refractivity contribution is 5.81. The standard InChI is InChI=1S/C21H32N2O3/c1-2-3-4-8-14-22-21(25)18-10-9-15-23(17-18)20(24)13-16-26-19-11-6-5-7-12-19/h5-7,11-12,18H,2-4,8-10,13-17H2,1H3,(H,22,25). The van der Waals surface area contributed by atoms with Crippen molar-refractivity contribution in [3.8, 4) is 5.75 Å². The lowest BCUT2D eigenvalue weighted by atomic mass is 9.97. The van der Waals surface area contributed by atoms with E-state index < -0.39 is 0 Å². The molecule has 1 fully saturated rings. The minimum atomic E-state index is -0.0751. The number of benzene rings is 1. The van der Waals surface area contributed by atoms with Gasteiger partial charge >= 0.3 is 0 Å². The summed E-state index contributed by atoms with van der Waals surface area (Å²) in [4.78, 5) is 26.5. The molecular weight excluding hydrogens is 328 g/mol. The number of carbonyl (C=O) groups excluding carboxylic acids is 2. The lowest BCUT2D eigenvalue weighted by molar-refractivity contribution is -0.136. The summed E-state index contributed by atoms with van der Waals surface area (Å²) in [5.41, 5.74) is 0. The molecule has 2 amide bonds. The van der Waals surface area contributed by atoms with Crippen LogP contribution in [0.3, 0.4) is 0 Å². The number of piperidine rings is 1. The summed E-state index contributed by atoms with van der Waals surface area (Å²) in [7, 11) is 0. The molecule has 1 aliphatic heterocycles. The Hall–Kier alpha value is -2.04. The number of amides is 2. The molecule has 0 saturated carbocycles. The molecule has 144 valence electrons. The fourth-order valence-electron chi connectivity index (χ4n) is 3.26. The SMILES string of the molecule is CCCCCCNC(=O)C1CCCN(C(=O)CCOc2ccccc2)C1. The highest BCUT2D eigenvalue weighted by atomic mass is 16.5. The van der Waals surface area contributed by atoms with Gasteiger partial charge in [-0.1, -0.05) is 44.4 Å². The predicted octanol–water partition coefficient (Wildman–Crippen LogP) is 3.39. The lowest BCUT2D eigenvalue weighted by Gasteiger charge is -2.32. The van der Waals surface area contributed by atoms with Gasteiger partial charge in [0.2, 0.25) is 11.8 Å². The maximum Gasteiger partial charge on any atom is 0.226 e. The monoisotopic (exact) mass is 360 g/mol. The zero-order chi connectivity index (χ0) is 18.6. The molecular formula is C21H32N2O3. The second kappa shape index (κ2) is 11.6. The van der Waals surface area contributed by atoms with E-state index in [1.165, 1.54) is 12.8 Å². The van der Waals surface area contributed by atoms with Gasteiger partial charge in [-0.2, -0.15) is 0 Å². The van der Waals surface area contributed by atoms with Crippen molar-refractivity contribution in [2.45, 2.75) is 51.9 Å². The Balaban J connectivity index is 1.67. The molecule has 0 aliphatic carbocycles. The van der Waals surface area contributed by atoms with Crippen LogP contribution in [0.5, 0.6) is 5.75 Å². The van der Waals surface area contributed by atoms with Crippen LogP contribution < -0.4 is 10.1 Å². The number of hydrogen-bond acceptors (Lipinski definition) is 3. The van der Waals surface area contributed by atoms with Crippen LogP contribution in [0.25, 0.3) is 0 Å². The van der Waals surface area contributed by atoms with Gasteiger partial charge in [0.1, 0.15) is 5.75 Å². The van der Waals surface area contributed by atoms with Crippen molar-refractivity contribution in [1.29, 1.82) is 0 Å². The number of rotatable bonds is 10. The maximum atomic E-state index is 12.4. The van der Waals surface area contributed by atoms with Crippen LogP contribution >= 0.6 is 0 Å². The van der Waals surface area contributed by atoms with Crippen LogP contribution in [0, 0.1) is 5.92 Å². The van der Waals surface area contributed by atoms with E-state index in [0.29, 0.717) is 19.6 Å².